The van der Waals surface area contributed by atoms with Gasteiger partial charge in [0.15, 0.2) is 0 Å². The summed E-state index contributed by atoms with van der Waals surface area (Å²) in [5.41, 5.74) is 2.49. The van der Waals surface area contributed by atoms with Gasteiger partial charge in [-0.3, -0.25) is 4.68 Å². The first-order valence-electron chi connectivity index (χ1n) is 8.66. The lowest BCUT2D eigenvalue weighted by atomic mass is 9.83. The minimum atomic E-state index is 0.690. The van der Waals surface area contributed by atoms with E-state index >= 15 is 0 Å². The molecule has 1 aromatic rings. The summed E-state index contributed by atoms with van der Waals surface area (Å²) in [4.78, 5) is 0. The highest BCUT2D eigenvalue weighted by molar-refractivity contribution is 9.10. The Morgan fingerprint density at radius 2 is 1.90 bits per heavy atom. The van der Waals surface area contributed by atoms with Gasteiger partial charge in [0, 0.05) is 19.1 Å². The summed E-state index contributed by atoms with van der Waals surface area (Å²) in [5.74, 6) is 0.979. The molecule has 0 amide bonds. The van der Waals surface area contributed by atoms with Gasteiger partial charge in [0.25, 0.3) is 0 Å². The number of hydrogen-bond acceptors (Lipinski definition) is 2. The number of aryl methyl sites for hydroxylation is 2. The van der Waals surface area contributed by atoms with Crippen LogP contribution in [0, 0.1) is 5.92 Å². The highest BCUT2D eigenvalue weighted by atomic mass is 79.9. The largest absolute Gasteiger partial charge is 0.308 e. The van der Waals surface area contributed by atoms with Gasteiger partial charge in [-0.15, -0.1) is 0 Å². The molecule has 0 radical (unpaired) electrons. The second-order valence-corrected chi connectivity index (χ2v) is 7.06. The molecule has 3 nitrogen and oxygen atoms in total. The Bertz CT molecular complexity index is 433. The molecule has 0 atom stereocenters. The third-order valence-corrected chi connectivity index (χ3v) is 5.71. The van der Waals surface area contributed by atoms with Gasteiger partial charge in [0.2, 0.25) is 0 Å². The fraction of sp³-hybridized carbons (Fsp3) is 0.824. The molecule has 1 N–H and O–H groups in total. The Balaban J connectivity index is 1.88. The molecular formula is C17H30BrN3. The predicted molar refractivity (Wildman–Crippen MR) is 92.5 cm³/mol. The van der Waals surface area contributed by atoms with Gasteiger partial charge >= 0.3 is 0 Å². The van der Waals surface area contributed by atoms with Crippen molar-refractivity contribution in [2.75, 3.05) is 0 Å². The van der Waals surface area contributed by atoms with E-state index in [1.165, 1.54) is 54.4 Å². The average molecular weight is 356 g/mol. The van der Waals surface area contributed by atoms with Crippen molar-refractivity contribution in [1.82, 2.24) is 15.1 Å². The molecule has 1 aliphatic carbocycles. The standard InChI is InChI=1S/C17H30BrN3/c1-4-7-13-8-10-14(11-9-13)19-12-16-17(18)15(5-2)20-21(16)6-3/h13-14,19H,4-12H2,1-3H3. The maximum Gasteiger partial charge on any atom is 0.0767 e. The minimum absolute atomic E-state index is 0.690. The van der Waals surface area contributed by atoms with E-state index in [9.17, 15) is 0 Å². The predicted octanol–water partition coefficient (Wildman–Crippen LogP) is 4.68. The van der Waals surface area contributed by atoms with Gasteiger partial charge in [-0.2, -0.15) is 5.10 Å². The van der Waals surface area contributed by atoms with E-state index in [0.717, 1.165) is 25.4 Å². The number of aromatic nitrogens is 2. The van der Waals surface area contributed by atoms with Crippen LogP contribution in [0.5, 0.6) is 0 Å². The van der Waals surface area contributed by atoms with Crippen molar-refractivity contribution in [3.63, 3.8) is 0 Å². The summed E-state index contributed by atoms with van der Waals surface area (Å²) in [7, 11) is 0. The molecule has 0 unspecified atom stereocenters. The van der Waals surface area contributed by atoms with Gasteiger partial charge in [-0.25, -0.2) is 0 Å². The lowest BCUT2D eigenvalue weighted by molar-refractivity contribution is 0.276. The fourth-order valence-corrected chi connectivity index (χ4v) is 4.20. The summed E-state index contributed by atoms with van der Waals surface area (Å²) >= 11 is 3.73. The zero-order valence-electron chi connectivity index (χ0n) is 13.8. The Hall–Kier alpha value is -0.350. The van der Waals surface area contributed by atoms with Gasteiger partial charge in [-0.05, 0) is 60.9 Å². The lowest BCUT2D eigenvalue weighted by Crippen LogP contribution is -2.33. The maximum atomic E-state index is 4.68. The van der Waals surface area contributed by atoms with Gasteiger partial charge < -0.3 is 5.32 Å². The molecule has 1 heterocycles. The quantitative estimate of drug-likeness (QED) is 0.769. The van der Waals surface area contributed by atoms with E-state index in [4.69, 9.17) is 0 Å². The first-order valence-corrected chi connectivity index (χ1v) is 9.46. The van der Waals surface area contributed by atoms with Gasteiger partial charge in [0.1, 0.15) is 0 Å². The Morgan fingerprint density at radius 3 is 2.48 bits per heavy atom. The molecule has 1 aliphatic rings. The number of nitrogens with zero attached hydrogens (tertiary/aromatic N) is 2. The van der Waals surface area contributed by atoms with Crippen LogP contribution in [0.3, 0.4) is 0 Å². The van der Waals surface area contributed by atoms with Crippen LogP contribution in [0.1, 0.15) is 70.7 Å². The zero-order valence-corrected chi connectivity index (χ0v) is 15.4. The van der Waals surface area contributed by atoms with Crippen LogP contribution >= 0.6 is 15.9 Å². The summed E-state index contributed by atoms with van der Waals surface area (Å²) in [5, 5.41) is 8.44. The molecule has 2 rings (SSSR count). The summed E-state index contributed by atoms with van der Waals surface area (Å²) in [6.45, 7) is 8.51. The lowest BCUT2D eigenvalue weighted by Gasteiger charge is -2.29. The Kier molecular flexibility index (Phi) is 6.74. The van der Waals surface area contributed by atoms with E-state index in [1.807, 2.05) is 0 Å². The van der Waals surface area contributed by atoms with Crippen LogP contribution in [-0.2, 0) is 19.5 Å². The van der Waals surface area contributed by atoms with Crippen LogP contribution in [0.2, 0.25) is 0 Å². The van der Waals surface area contributed by atoms with Crippen molar-refractivity contribution in [2.24, 2.45) is 5.92 Å². The SMILES string of the molecule is CCCC1CCC(NCc2c(Br)c(CC)nn2CC)CC1. The van der Waals surface area contributed by atoms with Crippen molar-refractivity contribution in [2.45, 2.75) is 84.8 Å². The Morgan fingerprint density at radius 1 is 1.19 bits per heavy atom. The summed E-state index contributed by atoms with van der Waals surface area (Å²) < 4.78 is 3.34. The topological polar surface area (TPSA) is 29.9 Å². The molecule has 0 aromatic carbocycles. The maximum absolute atomic E-state index is 4.68. The second-order valence-electron chi connectivity index (χ2n) is 6.26. The van der Waals surface area contributed by atoms with Crippen molar-refractivity contribution < 1.29 is 0 Å². The molecule has 1 fully saturated rings. The first-order chi connectivity index (χ1) is 10.2. The molecule has 0 spiro atoms. The van der Waals surface area contributed by atoms with Crippen molar-refractivity contribution in [3.05, 3.63) is 15.9 Å². The molecule has 21 heavy (non-hydrogen) atoms. The highest BCUT2D eigenvalue weighted by Crippen LogP contribution is 2.28. The van der Waals surface area contributed by atoms with E-state index < -0.39 is 0 Å². The van der Waals surface area contributed by atoms with Crippen LogP contribution in [0.4, 0.5) is 0 Å². The number of rotatable bonds is 7. The summed E-state index contributed by atoms with van der Waals surface area (Å²) in [6, 6.07) is 0.690. The van der Waals surface area contributed by atoms with Gasteiger partial charge in [-0.1, -0.05) is 26.7 Å². The number of halogens is 1. The Labute approximate surface area is 138 Å². The van der Waals surface area contributed by atoms with Crippen LogP contribution in [-0.4, -0.2) is 15.8 Å². The second kappa shape index (κ2) is 8.33. The third kappa shape index (κ3) is 4.32. The molecule has 0 aliphatic heterocycles. The van der Waals surface area contributed by atoms with Crippen molar-refractivity contribution in [3.8, 4) is 0 Å². The number of nitrogens with one attached hydrogen (secondary N) is 1. The van der Waals surface area contributed by atoms with Crippen molar-refractivity contribution >= 4 is 15.9 Å². The molecule has 0 saturated heterocycles. The molecule has 120 valence electrons. The molecular weight excluding hydrogens is 326 g/mol. The smallest absolute Gasteiger partial charge is 0.0767 e. The third-order valence-electron chi connectivity index (χ3n) is 4.80. The van der Waals surface area contributed by atoms with Crippen LogP contribution in [0.15, 0.2) is 4.47 Å². The summed E-state index contributed by atoms with van der Waals surface area (Å²) in [6.07, 6.45) is 9.22. The van der Waals surface area contributed by atoms with Crippen molar-refractivity contribution in [1.29, 1.82) is 0 Å². The van der Waals surface area contributed by atoms with Gasteiger partial charge in [0.05, 0.1) is 15.9 Å². The normalized spacial score (nSPS) is 22.7. The first kappa shape index (κ1) is 17.0. The van der Waals surface area contributed by atoms with E-state index in [0.29, 0.717) is 6.04 Å². The molecule has 0 bridgehead atoms. The molecule has 4 heteroatoms. The van der Waals surface area contributed by atoms with E-state index in [1.54, 1.807) is 0 Å². The molecule has 1 aromatic heterocycles. The van der Waals surface area contributed by atoms with E-state index in [2.05, 4.69) is 51.8 Å². The van der Waals surface area contributed by atoms with Crippen LogP contribution < -0.4 is 5.32 Å². The molecule has 1 saturated carbocycles. The van der Waals surface area contributed by atoms with Crippen LogP contribution in [0.25, 0.3) is 0 Å². The monoisotopic (exact) mass is 355 g/mol. The van der Waals surface area contributed by atoms with E-state index in [-0.39, 0.29) is 0 Å². The zero-order chi connectivity index (χ0) is 15.2. The highest BCUT2D eigenvalue weighted by Gasteiger charge is 2.21. The fourth-order valence-electron chi connectivity index (χ4n) is 3.49. The minimum Gasteiger partial charge on any atom is -0.308 e. The number of hydrogen-bond donors (Lipinski definition) is 1. The average Bonchev–Trinajstić information content (AvgIpc) is 2.82.